The molecule has 4 rings (SSSR count). The summed E-state index contributed by atoms with van der Waals surface area (Å²) >= 11 is 6.68. The molecule has 0 unspecified atom stereocenters. The van der Waals surface area contributed by atoms with E-state index in [1.807, 2.05) is 12.1 Å². The van der Waals surface area contributed by atoms with Crippen molar-refractivity contribution in [1.82, 2.24) is 24.9 Å². The molecule has 0 saturated heterocycles. The first-order valence-corrected chi connectivity index (χ1v) is 8.96. The number of H-pyrrole nitrogens is 1. The van der Waals surface area contributed by atoms with Crippen LogP contribution in [-0.2, 0) is 0 Å². The van der Waals surface area contributed by atoms with E-state index in [0.717, 1.165) is 27.9 Å². The van der Waals surface area contributed by atoms with E-state index in [2.05, 4.69) is 34.2 Å². The number of fused-ring (bicyclic) bond motifs is 2. The maximum absolute atomic E-state index is 11.9. The summed E-state index contributed by atoms with van der Waals surface area (Å²) in [5.41, 5.74) is 10.8. The van der Waals surface area contributed by atoms with Gasteiger partial charge in [0.15, 0.2) is 5.82 Å². The highest BCUT2D eigenvalue weighted by Crippen LogP contribution is 2.39. The van der Waals surface area contributed by atoms with E-state index >= 15 is 0 Å². The van der Waals surface area contributed by atoms with E-state index in [4.69, 9.17) is 17.3 Å². The second-order valence-corrected chi connectivity index (χ2v) is 7.07. The van der Waals surface area contributed by atoms with Gasteiger partial charge in [0.05, 0.1) is 10.7 Å². The summed E-state index contributed by atoms with van der Waals surface area (Å²) in [6, 6.07) is 7.40. The molecule has 27 heavy (non-hydrogen) atoms. The van der Waals surface area contributed by atoms with Gasteiger partial charge in [-0.2, -0.15) is 5.10 Å². The summed E-state index contributed by atoms with van der Waals surface area (Å²) in [5.74, 6) is 0.467. The van der Waals surface area contributed by atoms with Crippen LogP contribution in [0.4, 0.5) is 5.82 Å². The molecule has 0 radical (unpaired) electrons. The van der Waals surface area contributed by atoms with Gasteiger partial charge in [0.2, 0.25) is 0 Å². The molecule has 0 spiro atoms. The summed E-state index contributed by atoms with van der Waals surface area (Å²) in [6.07, 6.45) is 1.44. The van der Waals surface area contributed by atoms with Crippen LogP contribution in [0.15, 0.2) is 30.6 Å². The van der Waals surface area contributed by atoms with Crippen LogP contribution in [-0.4, -0.2) is 32.5 Å². The van der Waals surface area contributed by atoms with E-state index < -0.39 is 0 Å². The number of halogens is 1. The number of aromatic amines is 1. The quantitative estimate of drug-likeness (QED) is 0.504. The Morgan fingerprint density at radius 3 is 2.81 bits per heavy atom. The molecule has 4 aromatic rings. The Hall–Kier alpha value is -3.06. The number of nitrogen functional groups attached to an aromatic ring is 1. The summed E-state index contributed by atoms with van der Waals surface area (Å²) < 4.78 is 1.81. The first-order chi connectivity index (χ1) is 12.9. The van der Waals surface area contributed by atoms with Crippen molar-refractivity contribution < 1.29 is 4.79 Å². The molecule has 138 valence electrons. The average molecular weight is 383 g/mol. The summed E-state index contributed by atoms with van der Waals surface area (Å²) in [7, 11) is 1.60. The maximum atomic E-state index is 11.9. The second kappa shape index (κ2) is 6.28. The van der Waals surface area contributed by atoms with Crippen LogP contribution in [0.3, 0.4) is 0 Å². The zero-order chi connectivity index (χ0) is 19.3. The Labute approximate surface area is 160 Å². The lowest BCUT2D eigenvalue weighted by Gasteiger charge is -2.04. The number of hydrogen-bond donors (Lipinski definition) is 3. The van der Waals surface area contributed by atoms with E-state index in [1.165, 1.54) is 6.33 Å². The Bertz CT molecular complexity index is 1190. The third-order valence-corrected chi connectivity index (χ3v) is 5.09. The number of carbonyl (C=O) groups is 1. The van der Waals surface area contributed by atoms with Crippen molar-refractivity contribution in [1.29, 1.82) is 0 Å². The molecule has 0 aliphatic rings. The summed E-state index contributed by atoms with van der Waals surface area (Å²) in [4.78, 5) is 19.4. The molecular weight excluding hydrogens is 364 g/mol. The van der Waals surface area contributed by atoms with E-state index in [1.54, 1.807) is 23.7 Å². The minimum absolute atomic E-state index is 0.154. The van der Waals surface area contributed by atoms with Crippen molar-refractivity contribution >= 4 is 39.7 Å². The molecule has 7 nitrogen and oxygen atoms in total. The monoisotopic (exact) mass is 382 g/mol. The van der Waals surface area contributed by atoms with Crippen LogP contribution >= 0.6 is 11.6 Å². The van der Waals surface area contributed by atoms with Crippen molar-refractivity contribution in [2.45, 2.75) is 19.8 Å². The number of carbonyl (C=O) groups excluding carboxylic acids is 1. The third-order valence-electron chi connectivity index (χ3n) is 4.70. The predicted octanol–water partition coefficient (Wildman–Crippen LogP) is 3.60. The number of amides is 1. The minimum atomic E-state index is -0.154. The van der Waals surface area contributed by atoms with Gasteiger partial charge in [0.1, 0.15) is 11.8 Å². The standard InChI is InChI=1S/C19H19ClN6O/c1-9(2)14-7-12(17-18(21)23-8-24-26(14)17)16-15(20)11-5-4-10(19(27)22-3)6-13(11)25-16/h4-9,25H,1-3H3,(H,22,27)(H2,21,23,24). The minimum Gasteiger partial charge on any atom is -0.382 e. The largest absolute Gasteiger partial charge is 0.382 e. The van der Waals surface area contributed by atoms with Crippen molar-refractivity contribution in [3.8, 4) is 11.3 Å². The van der Waals surface area contributed by atoms with Crippen LogP contribution < -0.4 is 11.1 Å². The average Bonchev–Trinajstić information content (AvgIpc) is 3.20. The normalized spacial score (nSPS) is 11.6. The lowest BCUT2D eigenvalue weighted by atomic mass is 10.1. The molecule has 0 bridgehead atoms. The molecule has 3 heterocycles. The fourth-order valence-corrected chi connectivity index (χ4v) is 3.64. The third kappa shape index (κ3) is 2.62. The van der Waals surface area contributed by atoms with E-state index in [0.29, 0.717) is 21.9 Å². The molecule has 1 amide bonds. The van der Waals surface area contributed by atoms with E-state index in [9.17, 15) is 4.79 Å². The van der Waals surface area contributed by atoms with Gasteiger partial charge >= 0.3 is 0 Å². The highest BCUT2D eigenvalue weighted by Gasteiger charge is 2.21. The van der Waals surface area contributed by atoms with Crippen LogP contribution in [0.1, 0.15) is 35.8 Å². The number of nitrogens with two attached hydrogens (primary N) is 1. The Balaban J connectivity index is 2.00. The van der Waals surface area contributed by atoms with Gasteiger partial charge in [-0.25, -0.2) is 9.50 Å². The number of anilines is 1. The second-order valence-electron chi connectivity index (χ2n) is 6.70. The fraction of sp³-hybridized carbons (Fsp3) is 0.211. The molecule has 4 N–H and O–H groups in total. The highest BCUT2D eigenvalue weighted by molar-refractivity contribution is 6.38. The summed E-state index contributed by atoms with van der Waals surface area (Å²) in [6.45, 7) is 4.18. The smallest absolute Gasteiger partial charge is 0.251 e. The Morgan fingerprint density at radius 2 is 2.11 bits per heavy atom. The molecule has 0 fully saturated rings. The van der Waals surface area contributed by atoms with Crippen molar-refractivity contribution in [3.05, 3.63) is 46.9 Å². The molecule has 1 aromatic carbocycles. The predicted molar refractivity (Wildman–Crippen MR) is 107 cm³/mol. The van der Waals surface area contributed by atoms with Gasteiger partial charge in [-0.05, 0) is 24.1 Å². The van der Waals surface area contributed by atoms with E-state index in [-0.39, 0.29) is 11.8 Å². The molecule has 3 aromatic heterocycles. The van der Waals surface area contributed by atoms with Crippen molar-refractivity contribution in [3.63, 3.8) is 0 Å². The number of rotatable bonds is 3. The molecule has 8 heteroatoms. The van der Waals surface area contributed by atoms with Gasteiger partial charge in [-0.15, -0.1) is 0 Å². The fourth-order valence-electron chi connectivity index (χ4n) is 3.33. The molecule has 0 atom stereocenters. The molecule has 0 saturated carbocycles. The van der Waals surface area contributed by atoms with Gasteiger partial charge in [-0.3, -0.25) is 4.79 Å². The zero-order valence-corrected chi connectivity index (χ0v) is 15.9. The topological polar surface area (TPSA) is 101 Å². The van der Waals surface area contributed by atoms with Crippen LogP contribution in [0.25, 0.3) is 27.7 Å². The lowest BCUT2D eigenvalue weighted by Crippen LogP contribution is -2.17. The number of benzene rings is 1. The SMILES string of the molecule is CNC(=O)c1ccc2c(Cl)c(-c3cc(C(C)C)n4ncnc(N)c34)[nH]c2c1. The van der Waals surface area contributed by atoms with Crippen LogP contribution in [0.5, 0.6) is 0 Å². The zero-order valence-electron chi connectivity index (χ0n) is 15.2. The van der Waals surface area contributed by atoms with Gasteiger partial charge in [-0.1, -0.05) is 31.5 Å². The van der Waals surface area contributed by atoms with Gasteiger partial charge < -0.3 is 16.0 Å². The summed E-state index contributed by atoms with van der Waals surface area (Å²) in [5, 5.41) is 8.38. The van der Waals surface area contributed by atoms with Crippen LogP contribution in [0.2, 0.25) is 5.02 Å². The number of hydrogen-bond acceptors (Lipinski definition) is 4. The van der Waals surface area contributed by atoms with Crippen LogP contribution in [0, 0.1) is 0 Å². The molecule has 0 aliphatic carbocycles. The lowest BCUT2D eigenvalue weighted by molar-refractivity contribution is 0.0963. The Morgan fingerprint density at radius 1 is 1.33 bits per heavy atom. The Kier molecular flexibility index (Phi) is 4.04. The molecular formula is C19H19ClN6O. The number of nitrogens with zero attached hydrogens (tertiary/aromatic N) is 3. The highest BCUT2D eigenvalue weighted by atomic mass is 35.5. The first-order valence-electron chi connectivity index (χ1n) is 8.58. The van der Waals surface area contributed by atoms with Gasteiger partial charge in [0, 0.05) is 34.8 Å². The first kappa shape index (κ1) is 17.4. The maximum Gasteiger partial charge on any atom is 0.251 e. The van der Waals surface area contributed by atoms with Crippen molar-refractivity contribution in [2.24, 2.45) is 0 Å². The number of aromatic nitrogens is 4. The van der Waals surface area contributed by atoms with Gasteiger partial charge in [0.25, 0.3) is 5.91 Å². The number of nitrogens with one attached hydrogen (secondary N) is 2. The molecule has 0 aliphatic heterocycles. The van der Waals surface area contributed by atoms with Crippen molar-refractivity contribution in [2.75, 3.05) is 12.8 Å².